The lowest BCUT2D eigenvalue weighted by Crippen LogP contribution is -2.25. The lowest BCUT2D eigenvalue weighted by Gasteiger charge is -2.21. The molecule has 0 aliphatic rings. The number of aliphatic hydroxyl groups excluding tert-OH is 1. The maximum Gasteiger partial charge on any atom is 0.0431 e. The Hall–Kier alpha value is -1.06. The van der Waals surface area contributed by atoms with Crippen LogP contribution >= 0.6 is 0 Å². The Morgan fingerprint density at radius 2 is 1.78 bits per heavy atom. The van der Waals surface area contributed by atoms with Crippen LogP contribution in [-0.4, -0.2) is 29.7 Å². The predicted molar refractivity (Wildman–Crippen MR) is 77.4 cm³/mol. The number of benzene rings is 1. The number of nitrogens with two attached hydrogens (primary N) is 1. The largest absolute Gasteiger partial charge is 0.399 e. The van der Waals surface area contributed by atoms with Crippen molar-refractivity contribution in [1.82, 2.24) is 4.90 Å². The lowest BCUT2D eigenvalue weighted by molar-refractivity contribution is 0.247. The first kappa shape index (κ1) is 15.0. The van der Waals surface area contributed by atoms with Crippen LogP contribution in [0.5, 0.6) is 0 Å². The van der Waals surface area contributed by atoms with Gasteiger partial charge in [-0.1, -0.05) is 19.1 Å². The highest BCUT2D eigenvalue weighted by Crippen LogP contribution is 2.10. The van der Waals surface area contributed by atoms with E-state index in [2.05, 4.69) is 24.0 Å². The van der Waals surface area contributed by atoms with Crippen molar-refractivity contribution in [1.29, 1.82) is 0 Å². The zero-order chi connectivity index (χ0) is 13.2. The number of hydrogen-bond acceptors (Lipinski definition) is 3. The van der Waals surface area contributed by atoms with Crippen molar-refractivity contribution in [3.63, 3.8) is 0 Å². The fourth-order valence-corrected chi connectivity index (χ4v) is 2.09. The molecule has 3 heteroatoms. The third kappa shape index (κ3) is 6.03. The summed E-state index contributed by atoms with van der Waals surface area (Å²) in [6, 6.07) is 8.13. The fraction of sp³-hybridized carbons (Fsp3) is 0.600. The molecule has 0 atom stereocenters. The predicted octanol–water partition coefficient (Wildman–Crippen LogP) is 2.64. The van der Waals surface area contributed by atoms with Gasteiger partial charge in [-0.3, -0.25) is 4.90 Å². The van der Waals surface area contributed by atoms with Crippen molar-refractivity contribution >= 4 is 5.69 Å². The first-order chi connectivity index (χ1) is 8.76. The second kappa shape index (κ2) is 8.95. The first-order valence-electron chi connectivity index (χ1n) is 6.94. The van der Waals surface area contributed by atoms with Crippen LogP contribution in [0.25, 0.3) is 0 Å². The van der Waals surface area contributed by atoms with Crippen molar-refractivity contribution in [2.45, 2.75) is 39.2 Å². The molecule has 0 aliphatic carbocycles. The maximum absolute atomic E-state index is 8.77. The summed E-state index contributed by atoms with van der Waals surface area (Å²) >= 11 is 0. The highest BCUT2D eigenvalue weighted by molar-refractivity contribution is 5.39. The number of nitrogen functional groups attached to an aromatic ring is 1. The standard InChI is InChI=1S/C15H26N2O/c1-2-10-17(11-4-3-5-12-18)13-14-6-8-15(16)9-7-14/h6-9,18H,2-5,10-13,16H2,1H3. The molecule has 0 spiro atoms. The van der Waals surface area contributed by atoms with Gasteiger partial charge < -0.3 is 10.8 Å². The Morgan fingerprint density at radius 3 is 2.39 bits per heavy atom. The smallest absolute Gasteiger partial charge is 0.0431 e. The van der Waals surface area contributed by atoms with Crippen molar-refractivity contribution < 1.29 is 5.11 Å². The van der Waals surface area contributed by atoms with E-state index in [1.54, 1.807) is 0 Å². The zero-order valence-corrected chi connectivity index (χ0v) is 11.4. The molecule has 0 aromatic heterocycles. The molecule has 0 fully saturated rings. The van der Waals surface area contributed by atoms with Crippen LogP contribution in [0.4, 0.5) is 5.69 Å². The van der Waals surface area contributed by atoms with Gasteiger partial charge in [0.1, 0.15) is 0 Å². The minimum absolute atomic E-state index is 0.311. The van der Waals surface area contributed by atoms with E-state index in [9.17, 15) is 0 Å². The third-order valence-corrected chi connectivity index (χ3v) is 3.06. The summed E-state index contributed by atoms with van der Waals surface area (Å²) in [7, 11) is 0. The molecule has 1 aromatic carbocycles. The number of nitrogens with zero attached hydrogens (tertiary/aromatic N) is 1. The summed E-state index contributed by atoms with van der Waals surface area (Å²) in [5.41, 5.74) is 7.83. The van der Waals surface area contributed by atoms with Gasteiger partial charge in [-0.05, 0) is 56.5 Å². The molecule has 18 heavy (non-hydrogen) atoms. The van der Waals surface area contributed by atoms with Gasteiger partial charge in [-0.25, -0.2) is 0 Å². The molecule has 1 aromatic rings. The number of aliphatic hydroxyl groups is 1. The second-order valence-corrected chi connectivity index (χ2v) is 4.80. The van der Waals surface area contributed by atoms with Crippen LogP contribution in [0.1, 0.15) is 38.2 Å². The first-order valence-corrected chi connectivity index (χ1v) is 6.94. The zero-order valence-electron chi connectivity index (χ0n) is 11.4. The molecule has 0 aliphatic heterocycles. The van der Waals surface area contributed by atoms with E-state index >= 15 is 0 Å². The van der Waals surface area contributed by atoms with E-state index in [1.165, 1.54) is 12.0 Å². The minimum Gasteiger partial charge on any atom is -0.399 e. The van der Waals surface area contributed by atoms with Crippen LogP contribution < -0.4 is 5.73 Å². The van der Waals surface area contributed by atoms with Gasteiger partial charge in [-0.15, -0.1) is 0 Å². The molecule has 3 N–H and O–H groups in total. The van der Waals surface area contributed by atoms with E-state index in [-0.39, 0.29) is 0 Å². The monoisotopic (exact) mass is 250 g/mol. The molecule has 0 heterocycles. The Bertz CT molecular complexity index is 311. The highest BCUT2D eigenvalue weighted by atomic mass is 16.2. The molecule has 0 radical (unpaired) electrons. The number of anilines is 1. The maximum atomic E-state index is 8.77. The Balaban J connectivity index is 2.38. The van der Waals surface area contributed by atoms with Gasteiger partial charge in [0.2, 0.25) is 0 Å². The summed E-state index contributed by atoms with van der Waals surface area (Å²) in [5, 5.41) is 8.77. The Labute approximate surface area is 111 Å². The van der Waals surface area contributed by atoms with E-state index in [0.717, 1.165) is 44.6 Å². The van der Waals surface area contributed by atoms with Gasteiger partial charge in [0.15, 0.2) is 0 Å². The van der Waals surface area contributed by atoms with Crippen molar-refractivity contribution in [3.05, 3.63) is 29.8 Å². The molecule has 0 unspecified atom stereocenters. The summed E-state index contributed by atoms with van der Waals surface area (Å²) in [4.78, 5) is 2.48. The number of hydrogen-bond donors (Lipinski definition) is 2. The third-order valence-electron chi connectivity index (χ3n) is 3.06. The summed E-state index contributed by atoms with van der Waals surface area (Å²) in [6.45, 7) is 5.75. The topological polar surface area (TPSA) is 49.5 Å². The summed E-state index contributed by atoms with van der Waals surface area (Å²) < 4.78 is 0. The van der Waals surface area contributed by atoms with Crippen molar-refractivity contribution in [2.75, 3.05) is 25.4 Å². The van der Waals surface area contributed by atoms with Crippen LogP contribution in [0, 0.1) is 0 Å². The van der Waals surface area contributed by atoms with Gasteiger partial charge in [0.05, 0.1) is 0 Å². The molecule has 0 bridgehead atoms. The molecule has 0 amide bonds. The van der Waals surface area contributed by atoms with Crippen LogP contribution in [0.3, 0.4) is 0 Å². The van der Waals surface area contributed by atoms with Crippen molar-refractivity contribution in [3.8, 4) is 0 Å². The summed E-state index contributed by atoms with van der Waals surface area (Å²) in [6.07, 6.45) is 4.37. The summed E-state index contributed by atoms with van der Waals surface area (Å²) in [5.74, 6) is 0. The van der Waals surface area contributed by atoms with E-state index < -0.39 is 0 Å². The van der Waals surface area contributed by atoms with E-state index in [1.807, 2.05) is 12.1 Å². The molecular formula is C15H26N2O. The highest BCUT2D eigenvalue weighted by Gasteiger charge is 2.04. The quantitative estimate of drug-likeness (QED) is 0.523. The number of unbranched alkanes of at least 4 members (excludes halogenated alkanes) is 2. The number of rotatable bonds is 9. The normalized spacial score (nSPS) is 11.1. The molecule has 0 saturated carbocycles. The molecule has 102 valence electrons. The van der Waals surface area contributed by atoms with Crippen LogP contribution in [0.15, 0.2) is 24.3 Å². The average molecular weight is 250 g/mol. The van der Waals surface area contributed by atoms with Gasteiger partial charge in [0, 0.05) is 18.8 Å². The molecule has 3 nitrogen and oxygen atoms in total. The average Bonchev–Trinajstić information content (AvgIpc) is 2.37. The molecule has 1 rings (SSSR count). The molecule has 0 saturated heterocycles. The van der Waals surface area contributed by atoms with Gasteiger partial charge in [-0.2, -0.15) is 0 Å². The van der Waals surface area contributed by atoms with Gasteiger partial charge in [0.25, 0.3) is 0 Å². The minimum atomic E-state index is 0.311. The second-order valence-electron chi connectivity index (χ2n) is 4.80. The van der Waals surface area contributed by atoms with E-state index in [4.69, 9.17) is 10.8 Å². The fourth-order valence-electron chi connectivity index (χ4n) is 2.09. The van der Waals surface area contributed by atoms with Crippen LogP contribution in [-0.2, 0) is 6.54 Å². The Morgan fingerprint density at radius 1 is 1.06 bits per heavy atom. The molecular weight excluding hydrogens is 224 g/mol. The van der Waals surface area contributed by atoms with E-state index in [0.29, 0.717) is 6.61 Å². The SMILES string of the molecule is CCCN(CCCCCO)Cc1ccc(N)cc1. The van der Waals surface area contributed by atoms with Gasteiger partial charge >= 0.3 is 0 Å². The van der Waals surface area contributed by atoms with Crippen LogP contribution in [0.2, 0.25) is 0 Å². The van der Waals surface area contributed by atoms with Crippen molar-refractivity contribution in [2.24, 2.45) is 0 Å². The Kier molecular flexibility index (Phi) is 7.46. The lowest BCUT2D eigenvalue weighted by atomic mass is 10.1.